The Morgan fingerprint density at radius 3 is 2.17 bits per heavy atom. The van der Waals surface area contributed by atoms with Gasteiger partial charge in [0.05, 0.1) is 0 Å². The van der Waals surface area contributed by atoms with Crippen LogP contribution in [0, 0.1) is 3.57 Å². The molecular formula is C18H20I2NO3-. The third kappa shape index (κ3) is 5.66. The molecule has 6 heteroatoms. The topological polar surface area (TPSA) is 53.7 Å². The molecule has 3 rings (SSSR count). The van der Waals surface area contributed by atoms with Crippen molar-refractivity contribution in [3.63, 3.8) is 0 Å². The van der Waals surface area contributed by atoms with Crippen molar-refractivity contribution in [3.8, 4) is 11.5 Å². The fourth-order valence-electron chi connectivity index (χ4n) is 2.45. The minimum atomic E-state index is -0.275. The van der Waals surface area contributed by atoms with E-state index in [1.54, 1.807) is 0 Å². The second-order valence-corrected chi connectivity index (χ2v) is 9.70. The Balaban J connectivity index is 1.36. The number of anilines is 1. The molecule has 2 aromatic carbocycles. The monoisotopic (exact) mass is 552 g/mol. The molecule has 0 aromatic heterocycles. The van der Waals surface area contributed by atoms with Crippen LogP contribution in [0.25, 0.3) is 0 Å². The molecule has 0 unspecified atom stereocenters. The Bertz CT molecular complexity index is 568. The zero-order chi connectivity index (χ0) is 16.8. The Labute approximate surface area is 166 Å². The van der Waals surface area contributed by atoms with E-state index in [0.717, 1.165) is 37.1 Å². The van der Waals surface area contributed by atoms with Crippen molar-refractivity contribution < 1.29 is 34.5 Å². The summed E-state index contributed by atoms with van der Waals surface area (Å²) in [7, 11) is 0. The van der Waals surface area contributed by atoms with E-state index in [9.17, 15) is 0 Å². The minimum absolute atomic E-state index is 0.168. The molecular weight excluding hydrogens is 532 g/mol. The van der Waals surface area contributed by atoms with E-state index in [2.05, 4.69) is 46.9 Å². The average molecular weight is 552 g/mol. The number of rotatable bonds is 6. The molecule has 4 nitrogen and oxygen atoms in total. The van der Waals surface area contributed by atoms with Crippen LogP contribution in [0.4, 0.5) is 5.69 Å². The summed E-state index contributed by atoms with van der Waals surface area (Å²) >= 11 is 2.03. The number of hydrogen-bond donors (Lipinski definition) is 1. The number of benzene rings is 2. The SMILES string of the molecule is Nc1ccc(OOC2CCC([I-]Oc3ccc(I)cc3)CC2)cc1. The standard InChI is InChI=1S/C18H20I2NO3/c19-13-1-7-16(8-2-13)22-20-14-3-9-17(10-4-14)23-24-18-11-5-15(21)6-12-18/h1-2,5-8,11-12,14,17H,3-4,9-10,21H2/q-1. The van der Waals surface area contributed by atoms with Gasteiger partial charge in [0, 0.05) is 0 Å². The van der Waals surface area contributed by atoms with Gasteiger partial charge in [-0.25, -0.2) is 0 Å². The van der Waals surface area contributed by atoms with Gasteiger partial charge >= 0.3 is 168 Å². The first-order chi connectivity index (χ1) is 11.7. The van der Waals surface area contributed by atoms with Crippen molar-refractivity contribution >= 4 is 28.3 Å². The summed E-state index contributed by atoms with van der Waals surface area (Å²) in [6, 6.07) is 15.5. The second-order valence-electron chi connectivity index (χ2n) is 5.74. The number of alkyl halides is 1. The summed E-state index contributed by atoms with van der Waals surface area (Å²) < 4.78 is 7.93. The molecule has 0 radical (unpaired) electrons. The van der Waals surface area contributed by atoms with Crippen LogP contribution < -0.4 is 35.3 Å². The summed E-state index contributed by atoms with van der Waals surface area (Å²) in [6.07, 6.45) is 4.51. The molecule has 24 heavy (non-hydrogen) atoms. The predicted molar refractivity (Wildman–Crippen MR) is 98.4 cm³/mol. The van der Waals surface area contributed by atoms with Crippen LogP contribution in [0.3, 0.4) is 0 Å². The van der Waals surface area contributed by atoms with Gasteiger partial charge in [0.25, 0.3) is 0 Å². The summed E-state index contributed by atoms with van der Waals surface area (Å²) in [6.45, 7) is 0. The van der Waals surface area contributed by atoms with Gasteiger partial charge < -0.3 is 0 Å². The normalized spacial score (nSPS) is 20.7. The van der Waals surface area contributed by atoms with Crippen LogP contribution >= 0.6 is 22.6 Å². The van der Waals surface area contributed by atoms with Gasteiger partial charge in [-0.2, -0.15) is 0 Å². The van der Waals surface area contributed by atoms with E-state index < -0.39 is 0 Å². The molecule has 1 fully saturated rings. The van der Waals surface area contributed by atoms with Gasteiger partial charge in [0.1, 0.15) is 0 Å². The number of halogens is 2. The van der Waals surface area contributed by atoms with Crippen LogP contribution in [0.15, 0.2) is 48.5 Å². The Morgan fingerprint density at radius 1 is 0.875 bits per heavy atom. The first-order valence-corrected chi connectivity index (χ1v) is 11.1. The van der Waals surface area contributed by atoms with E-state index in [1.807, 2.05) is 24.3 Å². The van der Waals surface area contributed by atoms with E-state index >= 15 is 0 Å². The van der Waals surface area contributed by atoms with Gasteiger partial charge in [0.15, 0.2) is 0 Å². The Hall–Kier alpha value is -0.740. The van der Waals surface area contributed by atoms with E-state index in [1.165, 1.54) is 3.57 Å². The molecule has 130 valence electrons. The van der Waals surface area contributed by atoms with Crippen LogP contribution in [-0.2, 0) is 4.89 Å². The van der Waals surface area contributed by atoms with Crippen molar-refractivity contribution in [2.24, 2.45) is 0 Å². The maximum atomic E-state index is 6.00. The van der Waals surface area contributed by atoms with Crippen molar-refractivity contribution in [1.82, 2.24) is 0 Å². The fourth-order valence-corrected chi connectivity index (χ4v) is 4.99. The molecule has 2 aromatic rings. The van der Waals surface area contributed by atoms with Crippen molar-refractivity contribution in [3.05, 3.63) is 52.1 Å². The van der Waals surface area contributed by atoms with Gasteiger partial charge in [0.2, 0.25) is 0 Å². The number of nitrogens with two attached hydrogens (primary N) is 1. The van der Waals surface area contributed by atoms with Crippen molar-refractivity contribution in [2.75, 3.05) is 5.73 Å². The molecule has 0 atom stereocenters. The van der Waals surface area contributed by atoms with E-state index in [4.69, 9.17) is 18.6 Å². The number of hydrogen-bond acceptors (Lipinski definition) is 4. The maximum absolute atomic E-state index is 6.00. The zero-order valence-corrected chi connectivity index (χ0v) is 17.5. The zero-order valence-electron chi connectivity index (χ0n) is 13.2. The predicted octanol–water partition coefficient (Wildman–Crippen LogP) is 1.58. The molecule has 0 amide bonds. The summed E-state index contributed by atoms with van der Waals surface area (Å²) in [5.74, 6) is 1.69. The number of nitrogen functional groups attached to an aromatic ring is 1. The summed E-state index contributed by atoms with van der Waals surface area (Å²) in [5.41, 5.74) is 6.38. The van der Waals surface area contributed by atoms with E-state index in [0.29, 0.717) is 9.67 Å². The van der Waals surface area contributed by atoms with Gasteiger partial charge in [-0.3, -0.25) is 0 Å². The second kappa shape index (κ2) is 9.10. The molecule has 0 aliphatic heterocycles. The van der Waals surface area contributed by atoms with Crippen LogP contribution in [0.2, 0.25) is 0 Å². The van der Waals surface area contributed by atoms with E-state index in [-0.39, 0.29) is 27.7 Å². The Kier molecular flexibility index (Phi) is 6.85. The average Bonchev–Trinajstić information content (AvgIpc) is 2.62. The third-order valence-electron chi connectivity index (χ3n) is 3.84. The Morgan fingerprint density at radius 2 is 1.50 bits per heavy atom. The first kappa shape index (κ1) is 18.1. The fraction of sp³-hybridized carbons (Fsp3) is 0.333. The molecule has 1 saturated carbocycles. The molecule has 0 spiro atoms. The molecule has 0 bridgehead atoms. The van der Waals surface area contributed by atoms with Gasteiger partial charge in [-0.05, 0) is 0 Å². The van der Waals surface area contributed by atoms with Gasteiger partial charge in [-0.15, -0.1) is 0 Å². The van der Waals surface area contributed by atoms with Crippen molar-refractivity contribution in [1.29, 1.82) is 0 Å². The quantitative estimate of drug-likeness (QED) is 0.195. The molecule has 0 saturated heterocycles. The van der Waals surface area contributed by atoms with Crippen LogP contribution in [0.5, 0.6) is 11.5 Å². The third-order valence-corrected chi connectivity index (χ3v) is 7.28. The molecule has 2 N–H and O–H groups in total. The van der Waals surface area contributed by atoms with Crippen LogP contribution in [0.1, 0.15) is 25.7 Å². The summed E-state index contributed by atoms with van der Waals surface area (Å²) in [4.78, 5) is 11.0. The molecule has 1 aliphatic rings. The summed E-state index contributed by atoms with van der Waals surface area (Å²) in [5, 5.41) is 0. The molecule has 1 aliphatic carbocycles. The van der Waals surface area contributed by atoms with Crippen LogP contribution in [-0.4, -0.2) is 10.0 Å². The van der Waals surface area contributed by atoms with Crippen molar-refractivity contribution in [2.45, 2.75) is 35.7 Å². The molecule has 0 heterocycles. The first-order valence-electron chi connectivity index (χ1n) is 7.94. The van der Waals surface area contributed by atoms with Gasteiger partial charge in [-0.1, -0.05) is 0 Å².